The molecule has 2 N–H and O–H groups in total. The first-order valence-corrected chi connectivity index (χ1v) is 11.6. The van der Waals surface area contributed by atoms with Crippen LogP contribution in [0.5, 0.6) is 5.75 Å². The molecule has 2 aromatic heterocycles. The Morgan fingerprint density at radius 2 is 2.06 bits per heavy atom. The Kier molecular flexibility index (Phi) is 5.41. The minimum Gasteiger partial charge on any atom is -0.497 e. The van der Waals surface area contributed by atoms with Crippen LogP contribution in [0, 0.1) is 5.41 Å². The Morgan fingerprint density at radius 3 is 2.81 bits per heavy atom. The molecule has 1 spiro atoms. The van der Waals surface area contributed by atoms with E-state index in [9.17, 15) is 0 Å². The van der Waals surface area contributed by atoms with Gasteiger partial charge in [-0.3, -0.25) is 0 Å². The SMILES string of the molecule is COc1cccc(C(C)Nc2nc(N3CCC4(CCNC4)C3)nc3c(C(C)C)cnn23)c1. The van der Waals surface area contributed by atoms with Gasteiger partial charge >= 0.3 is 0 Å². The van der Waals surface area contributed by atoms with Crippen LogP contribution in [0.25, 0.3) is 5.65 Å². The first kappa shape index (κ1) is 21.0. The van der Waals surface area contributed by atoms with Gasteiger partial charge in [0.15, 0.2) is 5.65 Å². The number of methoxy groups -OCH3 is 1. The molecule has 0 bridgehead atoms. The normalized spacial score (nSPS) is 21.7. The van der Waals surface area contributed by atoms with Gasteiger partial charge in [-0.1, -0.05) is 26.0 Å². The highest BCUT2D eigenvalue weighted by Crippen LogP contribution is 2.38. The van der Waals surface area contributed by atoms with Crippen molar-refractivity contribution < 1.29 is 4.74 Å². The molecule has 8 nitrogen and oxygen atoms in total. The summed E-state index contributed by atoms with van der Waals surface area (Å²) in [5.41, 5.74) is 3.52. The van der Waals surface area contributed by atoms with Gasteiger partial charge in [0, 0.05) is 30.6 Å². The smallest absolute Gasteiger partial charge is 0.230 e. The fraction of sp³-hybridized carbons (Fsp3) is 0.542. The maximum absolute atomic E-state index is 5.40. The molecule has 2 saturated heterocycles. The molecule has 0 aliphatic carbocycles. The first-order chi connectivity index (χ1) is 15.5. The lowest BCUT2D eigenvalue weighted by atomic mass is 9.87. The van der Waals surface area contributed by atoms with Crippen LogP contribution in [0.2, 0.25) is 0 Å². The summed E-state index contributed by atoms with van der Waals surface area (Å²) in [6.45, 7) is 10.7. The minimum atomic E-state index is 0.0340. The molecule has 1 aromatic carbocycles. The number of rotatable bonds is 6. The molecule has 170 valence electrons. The molecule has 8 heteroatoms. The number of fused-ring (bicyclic) bond motifs is 1. The van der Waals surface area contributed by atoms with E-state index in [2.05, 4.69) is 53.5 Å². The third-order valence-electron chi connectivity index (χ3n) is 7.00. The number of ether oxygens (including phenoxy) is 1. The van der Waals surface area contributed by atoms with E-state index in [4.69, 9.17) is 14.7 Å². The van der Waals surface area contributed by atoms with Crippen LogP contribution < -0.4 is 20.3 Å². The van der Waals surface area contributed by atoms with Crippen molar-refractivity contribution in [2.24, 2.45) is 5.41 Å². The molecular weight excluding hydrogens is 402 g/mol. The zero-order valence-electron chi connectivity index (χ0n) is 19.4. The molecule has 32 heavy (non-hydrogen) atoms. The summed E-state index contributed by atoms with van der Waals surface area (Å²) in [7, 11) is 1.69. The van der Waals surface area contributed by atoms with Crippen molar-refractivity contribution in [2.75, 3.05) is 43.5 Å². The van der Waals surface area contributed by atoms with Gasteiger partial charge in [0.2, 0.25) is 11.9 Å². The average Bonchev–Trinajstić information content (AvgIpc) is 3.54. The minimum absolute atomic E-state index is 0.0340. The van der Waals surface area contributed by atoms with Gasteiger partial charge < -0.3 is 20.3 Å². The fourth-order valence-corrected chi connectivity index (χ4v) is 4.96. The van der Waals surface area contributed by atoms with Crippen molar-refractivity contribution in [1.29, 1.82) is 0 Å². The van der Waals surface area contributed by atoms with Crippen LogP contribution in [-0.2, 0) is 0 Å². The number of nitrogens with zero attached hydrogens (tertiary/aromatic N) is 5. The molecule has 0 saturated carbocycles. The number of nitrogens with one attached hydrogen (secondary N) is 2. The van der Waals surface area contributed by atoms with Gasteiger partial charge in [0.25, 0.3) is 0 Å². The van der Waals surface area contributed by atoms with Gasteiger partial charge in [-0.25, -0.2) is 0 Å². The van der Waals surface area contributed by atoms with E-state index in [0.717, 1.165) is 60.6 Å². The molecule has 2 aliphatic rings. The van der Waals surface area contributed by atoms with Crippen LogP contribution >= 0.6 is 0 Å². The molecular formula is C24H33N7O. The van der Waals surface area contributed by atoms with Crippen LogP contribution in [-0.4, -0.2) is 52.9 Å². The van der Waals surface area contributed by atoms with Crippen molar-refractivity contribution in [3.8, 4) is 5.75 Å². The second-order valence-electron chi connectivity index (χ2n) is 9.58. The third-order valence-corrected chi connectivity index (χ3v) is 7.00. The maximum Gasteiger partial charge on any atom is 0.230 e. The Hall–Kier alpha value is -2.87. The molecule has 4 heterocycles. The number of hydrogen-bond acceptors (Lipinski definition) is 7. The van der Waals surface area contributed by atoms with E-state index < -0.39 is 0 Å². The lowest BCUT2D eigenvalue weighted by molar-refractivity contribution is 0.369. The van der Waals surface area contributed by atoms with Crippen molar-refractivity contribution in [2.45, 2.75) is 45.6 Å². The van der Waals surface area contributed by atoms with Crippen molar-refractivity contribution >= 4 is 17.5 Å². The van der Waals surface area contributed by atoms with E-state index in [1.54, 1.807) is 7.11 Å². The highest BCUT2D eigenvalue weighted by Gasteiger charge is 2.41. The van der Waals surface area contributed by atoms with E-state index in [1.807, 2.05) is 22.8 Å². The van der Waals surface area contributed by atoms with Gasteiger partial charge in [0.05, 0.1) is 19.3 Å². The van der Waals surface area contributed by atoms with Crippen LogP contribution in [0.3, 0.4) is 0 Å². The maximum atomic E-state index is 5.40. The van der Waals surface area contributed by atoms with Gasteiger partial charge in [0.1, 0.15) is 5.75 Å². The van der Waals surface area contributed by atoms with E-state index in [0.29, 0.717) is 11.3 Å². The fourth-order valence-electron chi connectivity index (χ4n) is 4.96. The lowest BCUT2D eigenvalue weighted by Crippen LogP contribution is -2.30. The summed E-state index contributed by atoms with van der Waals surface area (Å²) in [5, 5.41) is 11.8. The number of hydrogen-bond donors (Lipinski definition) is 2. The molecule has 2 atom stereocenters. The van der Waals surface area contributed by atoms with Crippen LogP contribution in [0.1, 0.15) is 56.7 Å². The van der Waals surface area contributed by atoms with E-state index in [1.165, 1.54) is 12.8 Å². The summed E-state index contributed by atoms with van der Waals surface area (Å²) >= 11 is 0. The van der Waals surface area contributed by atoms with Crippen molar-refractivity contribution in [1.82, 2.24) is 24.9 Å². The molecule has 2 fully saturated rings. The summed E-state index contributed by atoms with van der Waals surface area (Å²) in [4.78, 5) is 12.3. The van der Waals surface area contributed by atoms with Crippen LogP contribution in [0.4, 0.5) is 11.9 Å². The van der Waals surface area contributed by atoms with Crippen molar-refractivity contribution in [3.05, 3.63) is 41.6 Å². The second kappa shape index (κ2) is 8.24. The molecule has 2 aliphatic heterocycles. The second-order valence-corrected chi connectivity index (χ2v) is 9.58. The lowest BCUT2D eigenvalue weighted by Gasteiger charge is -2.23. The largest absolute Gasteiger partial charge is 0.497 e. The Bertz CT molecular complexity index is 1100. The van der Waals surface area contributed by atoms with Crippen molar-refractivity contribution in [3.63, 3.8) is 0 Å². The quantitative estimate of drug-likeness (QED) is 0.612. The van der Waals surface area contributed by atoms with E-state index >= 15 is 0 Å². The number of aromatic nitrogens is 4. The molecule has 2 unspecified atom stereocenters. The van der Waals surface area contributed by atoms with Gasteiger partial charge in [-0.05, 0) is 49.9 Å². The summed E-state index contributed by atoms with van der Waals surface area (Å²) in [5.74, 6) is 2.70. The zero-order chi connectivity index (χ0) is 22.3. The molecule has 3 aromatic rings. The topological polar surface area (TPSA) is 79.6 Å². The molecule has 0 radical (unpaired) electrons. The monoisotopic (exact) mass is 435 g/mol. The summed E-state index contributed by atoms with van der Waals surface area (Å²) in [6, 6.07) is 8.15. The third kappa shape index (κ3) is 3.77. The van der Waals surface area contributed by atoms with Gasteiger partial charge in [-0.15, -0.1) is 0 Å². The number of anilines is 2. The number of benzene rings is 1. The predicted molar refractivity (Wildman–Crippen MR) is 127 cm³/mol. The predicted octanol–water partition coefficient (Wildman–Crippen LogP) is 3.62. The average molecular weight is 436 g/mol. The highest BCUT2D eigenvalue weighted by molar-refractivity contribution is 5.57. The molecule has 0 amide bonds. The summed E-state index contributed by atoms with van der Waals surface area (Å²) in [6.07, 6.45) is 4.34. The van der Waals surface area contributed by atoms with Crippen LogP contribution in [0.15, 0.2) is 30.5 Å². The van der Waals surface area contributed by atoms with E-state index in [-0.39, 0.29) is 6.04 Å². The zero-order valence-corrected chi connectivity index (χ0v) is 19.4. The Morgan fingerprint density at radius 1 is 1.19 bits per heavy atom. The Labute approximate surface area is 189 Å². The Balaban J connectivity index is 1.51. The summed E-state index contributed by atoms with van der Waals surface area (Å²) < 4.78 is 7.25. The highest BCUT2D eigenvalue weighted by atomic mass is 16.5. The molecule has 5 rings (SSSR count). The van der Waals surface area contributed by atoms with Gasteiger partial charge in [-0.2, -0.15) is 19.6 Å². The standard InChI is InChI=1S/C24H33N7O/c1-16(2)20-13-26-31-21(20)28-22(30-11-9-24(15-30)8-10-25-14-24)29-23(31)27-17(3)18-6-5-7-19(12-18)32-4/h5-7,12-13,16-17,25H,8-11,14-15H2,1-4H3,(H,27,28,29). The first-order valence-electron chi connectivity index (χ1n) is 11.6.